The van der Waals surface area contributed by atoms with Crippen LogP contribution in [0.15, 0.2) is 24.3 Å². The molecule has 3 heterocycles. The fraction of sp³-hybridized carbons (Fsp3) is 0.667. The van der Waals surface area contributed by atoms with Crippen molar-refractivity contribution in [1.29, 1.82) is 0 Å². The predicted octanol–water partition coefficient (Wildman–Crippen LogP) is 3.73. The normalized spacial score (nSPS) is 27.6. The number of carbonyl (C=O) groups is 2. The van der Waals surface area contributed by atoms with Gasteiger partial charge in [0, 0.05) is 50.5 Å². The summed E-state index contributed by atoms with van der Waals surface area (Å²) in [6.45, 7) is 3.44. The van der Waals surface area contributed by atoms with Crippen LogP contribution in [0.3, 0.4) is 0 Å². The molecule has 2 bridgehead atoms. The van der Waals surface area contributed by atoms with Gasteiger partial charge in [0.1, 0.15) is 11.9 Å². The molecule has 5 heteroatoms. The molecule has 29 heavy (non-hydrogen) atoms. The van der Waals surface area contributed by atoms with Gasteiger partial charge in [-0.1, -0.05) is 0 Å². The first-order chi connectivity index (χ1) is 14.2. The fourth-order valence-electron chi connectivity index (χ4n) is 5.29. The van der Waals surface area contributed by atoms with Gasteiger partial charge in [-0.25, -0.2) is 0 Å². The molecule has 3 saturated heterocycles. The molecule has 156 valence electrons. The minimum atomic E-state index is 0.154. The number of piperidine rings is 1. The van der Waals surface area contributed by atoms with Gasteiger partial charge in [0.2, 0.25) is 5.91 Å². The van der Waals surface area contributed by atoms with Gasteiger partial charge in [0.25, 0.3) is 5.91 Å². The number of hydrogen-bond donors (Lipinski definition) is 0. The fourth-order valence-corrected chi connectivity index (χ4v) is 5.29. The van der Waals surface area contributed by atoms with Crippen LogP contribution in [0.2, 0.25) is 0 Å². The number of amides is 2. The molecule has 0 radical (unpaired) electrons. The van der Waals surface area contributed by atoms with Crippen molar-refractivity contribution in [2.45, 2.75) is 57.5 Å². The number of fused-ring (bicyclic) bond motifs is 4. The minimum absolute atomic E-state index is 0.154. The van der Waals surface area contributed by atoms with Gasteiger partial charge in [-0.2, -0.15) is 0 Å². The van der Waals surface area contributed by atoms with E-state index in [0.717, 1.165) is 63.2 Å². The molecule has 0 atom stereocenters. The first kappa shape index (κ1) is 19.0. The largest absolute Gasteiger partial charge is 0.490 e. The molecule has 5 fully saturated rings. The molecule has 0 aromatic heterocycles. The number of carbonyl (C=O) groups excluding carboxylic acids is 2. The molecule has 0 unspecified atom stereocenters. The average Bonchev–Trinajstić information content (AvgIpc) is 3.61. The van der Waals surface area contributed by atoms with Crippen molar-refractivity contribution in [3.05, 3.63) is 29.8 Å². The lowest BCUT2D eigenvalue weighted by molar-refractivity contribution is -0.134. The van der Waals surface area contributed by atoms with E-state index in [1.165, 1.54) is 25.7 Å². The summed E-state index contributed by atoms with van der Waals surface area (Å²) >= 11 is 0. The van der Waals surface area contributed by atoms with E-state index in [1.807, 2.05) is 29.2 Å². The first-order valence-corrected chi connectivity index (χ1v) is 11.5. The molecular weight excluding hydrogens is 364 g/mol. The zero-order valence-corrected chi connectivity index (χ0v) is 17.2. The van der Waals surface area contributed by atoms with Crippen LogP contribution in [0.4, 0.5) is 0 Å². The highest BCUT2D eigenvalue weighted by molar-refractivity contribution is 5.94. The number of benzene rings is 1. The van der Waals surface area contributed by atoms with Gasteiger partial charge in [-0.15, -0.1) is 0 Å². The van der Waals surface area contributed by atoms with Crippen LogP contribution >= 0.6 is 0 Å². The number of hydrogen-bond acceptors (Lipinski definition) is 3. The molecule has 6 rings (SSSR count). The second-order valence-electron chi connectivity index (χ2n) is 9.54. The molecule has 5 aliphatic rings. The predicted molar refractivity (Wildman–Crippen MR) is 111 cm³/mol. The Hall–Kier alpha value is -2.04. The Kier molecular flexibility index (Phi) is 5.23. The molecule has 3 aliphatic heterocycles. The monoisotopic (exact) mass is 396 g/mol. The maximum absolute atomic E-state index is 13.0. The summed E-state index contributed by atoms with van der Waals surface area (Å²) in [6.07, 6.45) is 9.20. The maximum Gasteiger partial charge on any atom is 0.253 e. The van der Waals surface area contributed by atoms with Crippen molar-refractivity contribution in [1.82, 2.24) is 9.80 Å². The number of ether oxygens (including phenoxy) is 1. The van der Waals surface area contributed by atoms with E-state index in [-0.39, 0.29) is 12.0 Å². The van der Waals surface area contributed by atoms with E-state index in [0.29, 0.717) is 23.7 Å². The molecule has 2 saturated carbocycles. The SMILES string of the molecule is O=C(c1ccc(OC2CCN(C(=O)C3CC3)CC2)cc1)N1CC2CCC(CC2)C1. The Bertz CT molecular complexity index is 728. The van der Waals surface area contributed by atoms with Crippen molar-refractivity contribution in [2.75, 3.05) is 26.2 Å². The lowest BCUT2D eigenvalue weighted by Gasteiger charge is -2.32. The molecule has 0 spiro atoms. The third-order valence-corrected chi connectivity index (χ3v) is 7.29. The van der Waals surface area contributed by atoms with Crippen LogP contribution in [-0.2, 0) is 4.79 Å². The van der Waals surface area contributed by atoms with E-state index >= 15 is 0 Å². The van der Waals surface area contributed by atoms with Crippen LogP contribution in [0, 0.1) is 17.8 Å². The maximum atomic E-state index is 13.0. The zero-order valence-electron chi connectivity index (χ0n) is 17.2. The Morgan fingerprint density at radius 2 is 1.34 bits per heavy atom. The highest BCUT2D eigenvalue weighted by atomic mass is 16.5. The van der Waals surface area contributed by atoms with Crippen molar-refractivity contribution in [3.63, 3.8) is 0 Å². The van der Waals surface area contributed by atoms with Crippen molar-refractivity contribution in [3.8, 4) is 5.75 Å². The van der Waals surface area contributed by atoms with Crippen molar-refractivity contribution >= 4 is 11.8 Å². The summed E-state index contributed by atoms with van der Waals surface area (Å²) in [5, 5.41) is 0. The first-order valence-electron chi connectivity index (χ1n) is 11.5. The average molecular weight is 397 g/mol. The van der Waals surface area contributed by atoms with Gasteiger partial charge in [0.05, 0.1) is 0 Å². The third kappa shape index (κ3) is 4.29. The zero-order chi connectivity index (χ0) is 19.8. The molecule has 1 aromatic carbocycles. The third-order valence-electron chi connectivity index (χ3n) is 7.29. The Morgan fingerprint density at radius 3 is 1.90 bits per heavy atom. The summed E-state index contributed by atoms with van der Waals surface area (Å²) < 4.78 is 6.14. The standard InChI is InChI=1S/C24H32N2O3/c27-23(19-5-6-19)25-13-11-22(12-14-25)29-21-9-7-20(8-10-21)24(28)26-15-17-1-2-18(16-26)4-3-17/h7-10,17-19,22H,1-6,11-16H2. The van der Waals surface area contributed by atoms with E-state index in [4.69, 9.17) is 4.74 Å². The lowest BCUT2D eigenvalue weighted by atomic mass is 9.84. The minimum Gasteiger partial charge on any atom is -0.490 e. The van der Waals surface area contributed by atoms with Gasteiger partial charge < -0.3 is 14.5 Å². The lowest BCUT2D eigenvalue weighted by Crippen LogP contribution is -2.42. The van der Waals surface area contributed by atoms with Crippen molar-refractivity contribution in [2.24, 2.45) is 17.8 Å². The Morgan fingerprint density at radius 1 is 0.759 bits per heavy atom. The van der Waals surface area contributed by atoms with Crippen LogP contribution in [0.25, 0.3) is 0 Å². The van der Waals surface area contributed by atoms with E-state index in [9.17, 15) is 9.59 Å². The molecule has 2 aliphatic carbocycles. The Labute approximate surface area is 173 Å². The summed E-state index contributed by atoms with van der Waals surface area (Å²) in [4.78, 5) is 29.2. The topological polar surface area (TPSA) is 49.9 Å². The molecule has 5 nitrogen and oxygen atoms in total. The van der Waals surface area contributed by atoms with Gasteiger partial charge in [-0.3, -0.25) is 9.59 Å². The summed E-state index contributed by atoms with van der Waals surface area (Å²) in [5.41, 5.74) is 0.767. The number of likely N-dealkylation sites (tertiary alicyclic amines) is 1. The molecular formula is C24H32N2O3. The van der Waals surface area contributed by atoms with Crippen LogP contribution in [0.1, 0.15) is 61.7 Å². The number of rotatable bonds is 4. The second-order valence-corrected chi connectivity index (χ2v) is 9.54. The highest BCUT2D eigenvalue weighted by Crippen LogP contribution is 2.35. The smallest absolute Gasteiger partial charge is 0.253 e. The van der Waals surface area contributed by atoms with Gasteiger partial charge in [0.15, 0.2) is 0 Å². The number of nitrogens with zero attached hydrogens (tertiary/aromatic N) is 2. The summed E-state index contributed by atoms with van der Waals surface area (Å²) in [7, 11) is 0. The highest BCUT2D eigenvalue weighted by Gasteiger charge is 2.35. The molecule has 0 N–H and O–H groups in total. The summed E-state index contributed by atoms with van der Waals surface area (Å²) in [5.74, 6) is 3.02. The van der Waals surface area contributed by atoms with Crippen LogP contribution < -0.4 is 4.74 Å². The quantitative estimate of drug-likeness (QED) is 0.779. The van der Waals surface area contributed by atoms with Gasteiger partial charge in [-0.05, 0) is 74.6 Å². The summed E-state index contributed by atoms with van der Waals surface area (Å²) in [6, 6.07) is 7.69. The molecule has 2 amide bonds. The second kappa shape index (κ2) is 8.00. The molecule has 1 aromatic rings. The van der Waals surface area contributed by atoms with Crippen molar-refractivity contribution < 1.29 is 14.3 Å². The van der Waals surface area contributed by atoms with Gasteiger partial charge >= 0.3 is 0 Å². The van der Waals surface area contributed by atoms with Crippen LogP contribution in [0.5, 0.6) is 5.75 Å². The van der Waals surface area contributed by atoms with E-state index in [2.05, 4.69) is 4.90 Å². The Balaban J connectivity index is 1.14. The van der Waals surface area contributed by atoms with E-state index in [1.54, 1.807) is 0 Å². The van der Waals surface area contributed by atoms with E-state index < -0.39 is 0 Å². The van der Waals surface area contributed by atoms with Crippen LogP contribution in [-0.4, -0.2) is 53.9 Å².